The van der Waals surface area contributed by atoms with Crippen LogP contribution in [0.25, 0.3) is 0 Å². The lowest BCUT2D eigenvalue weighted by Crippen LogP contribution is -2.45. The zero-order valence-electron chi connectivity index (χ0n) is 14.8. The number of nitrogens with zero attached hydrogens (tertiary/aromatic N) is 3. The number of aryl methyl sites for hydroxylation is 3. The van der Waals surface area contributed by atoms with Gasteiger partial charge in [0.25, 0.3) is 0 Å². The number of ether oxygens (including phenoxy) is 1. The van der Waals surface area contributed by atoms with Crippen LogP contribution in [0.15, 0.2) is 30.6 Å². The molecule has 0 saturated carbocycles. The molecule has 5 heteroatoms. The van der Waals surface area contributed by atoms with Gasteiger partial charge in [-0.15, -0.1) is 0 Å². The Morgan fingerprint density at radius 1 is 1.29 bits per heavy atom. The predicted octanol–water partition coefficient (Wildman–Crippen LogP) is 2.24. The van der Waals surface area contributed by atoms with Crippen molar-refractivity contribution in [2.24, 2.45) is 0 Å². The summed E-state index contributed by atoms with van der Waals surface area (Å²) in [5.74, 6) is 0. The second-order valence-electron chi connectivity index (χ2n) is 6.85. The van der Waals surface area contributed by atoms with Gasteiger partial charge in [0.2, 0.25) is 0 Å². The van der Waals surface area contributed by atoms with E-state index in [1.807, 2.05) is 30.1 Å². The van der Waals surface area contributed by atoms with Gasteiger partial charge in [0.1, 0.15) is 0 Å². The fourth-order valence-electron chi connectivity index (χ4n) is 3.15. The van der Waals surface area contributed by atoms with E-state index >= 15 is 0 Å². The number of benzene rings is 1. The summed E-state index contributed by atoms with van der Waals surface area (Å²) in [7, 11) is 0. The third kappa shape index (κ3) is 4.23. The average Bonchev–Trinajstić information content (AvgIpc) is 2.95. The van der Waals surface area contributed by atoms with Gasteiger partial charge in [-0.1, -0.05) is 18.2 Å². The number of hydrogen-bond acceptors (Lipinski definition) is 4. The van der Waals surface area contributed by atoms with E-state index in [4.69, 9.17) is 4.74 Å². The van der Waals surface area contributed by atoms with Crippen molar-refractivity contribution >= 4 is 0 Å². The monoisotopic (exact) mass is 329 g/mol. The van der Waals surface area contributed by atoms with E-state index < -0.39 is 6.10 Å². The van der Waals surface area contributed by atoms with Crippen molar-refractivity contribution in [3.63, 3.8) is 0 Å². The van der Waals surface area contributed by atoms with Gasteiger partial charge in [0.15, 0.2) is 0 Å². The Kier molecular flexibility index (Phi) is 5.33. The van der Waals surface area contributed by atoms with Gasteiger partial charge in [0, 0.05) is 25.8 Å². The molecule has 2 aromatic rings. The van der Waals surface area contributed by atoms with Gasteiger partial charge in [0.05, 0.1) is 31.6 Å². The van der Waals surface area contributed by atoms with Crippen LogP contribution in [-0.4, -0.2) is 52.1 Å². The Balaban J connectivity index is 1.57. The molecular weight excluding hydrogens is 302 g/mol. The van der Waals surface area contributed by atoms with Gasteiger partial charge in [-0.3, -0.25) is 9.58 Å². The lowest BCUT2D eigenvalue weighted by atomic mass is 10.0. The number of rotatable bonds is 5. The topological polar surface area (TPSA) is 50.5 Å². The zero-order chi connectivity index (χ0) is 17.1. The number of hydrogen-bond donors (Lipinski definition) is 1. The molecule has 1 saturated heterocycles. The van der Waals surface area contributed by atoms with Crippen LogP contribution in [0.5, 0.6) is 0 Å². The largest absolute Gasteiger partial charge is 0.387 e. The Bertz CT molecular complexity index is 683. The van der Waals surface area contributed by atoms with E-state index in [1.165, 1.54) is 11.1 Å². The number of morpholine rings is 1. The van der Waals surface area contributed by atoms with Crippen molar-refractivity contribution in [3.8, 4) is 0 Å². The SMILES string of the molecule is Cc1cnn(C[C@H]2CN(C[C@H](O)c3ccc(C)c(C)c3)CCO2)c1. The van der Waals surface area contributed by atoms with Gasteiger partial charge in [-0.05, 0) is 43.0 Å². The molecule has 3 rings (SSSR count). The number of aliphatic hydroxyl groups excluding tert-OH is 1. The molecule has 24 heavy (non-hydrogen) atoms. The van der Waals surface area contributed by atoms with Crippen LogP contribution < -0.4 is 0 Å². The fraction of sp³-hybridized carbons (Fsp3) is 0.526. The normalized spacial score (nSPS) is 20.2. The number of β-amino-alcohol motifs (C(OH)–C–C–N with tert-alkyl or cyclic N) is 1. The summed E-state index contributed by atoms with van der Waals surface area (Å²) in [6.45, 7) is 9.99. The van der Waals surface area contributed by atoms with E-state index in [0.717, 1.165) is 30.8 Å². The van der Waals surface area contributed by atoms with Crippen molar-refractivity contribution in [3.05, 3.63) is 52.8 Å². The van der Waals surface area contributed by atoms with Crippen LogP contribution in [0.1, 0.15) is 28.4 Å². The Labute approximate surface area is 143 Å². The summed E-state index contributed by atoms with van der Waals surface area (Å²) < 4.78 is 7.79. The quantitative estimate of drug-likeness (QED) is 0.914. The van der Waals surface area contributed by atoms with Gasteiger partial charge >= 0.3 is 0 Å². The standard InChI is InChI=1S/C19H27N3O2/c1-14-9-20-22(10-14)12-18-11-21(6-7-24-18)13-19(23)17-5-4-15(2)16(3)8-17/h4-5,8-10,18-19,23H,6-7,11-13H2,1-3H3/t18-,19+/m1/s1. The molecule has 1 fully saturated rings. The molecule has 1 N–H and O–H groups in total. The molecule has 1 aromatic carbocycles. The highest BCUT2D eigenvalue weighted by Gasteiger charge is 2.23. The first-order chi connectivity index (χ1) is 11.5. The molecule has 2 heterocycles. The Hall–Kier alpha value is -1.69. The van der Waals surface area contributed by atoms with Crippen molar-refractivity contribution < 1.29 is 9.84 Å². The second kappa shape index (κ2) is 7.47. The van der Waals surface area contributed by atoms with Crippen LogP contribution in [0.2, 0.25) is 0 Å². The van der Waals surface area contributed by atoms with E-state index in [1.54, 1.807) is 0 Å². The van der Waals surface area contributed by atoms with E-state index in [9.17, 15) is 5.11 Å². The van der Waals surface area contributed by atoms with Crippen LogP contribution >= 0.6 is 0 Å². The third-order valence-electron chi connectivity index (χ3n) is 4.72. The number of aromatic nitrogens is 2. The maximum absolute atomic E-state index is 10.6. The Morgan fingerprint density at radius 3 is 2.83 bits per heavy atom. The van der Waals surface area contributed by atoms with Crippen LogP contribution in [0, 0.1) is 20.8 Å². The lowest BCUT2D eigenvalue weighted by Gasteiger charge is -2.34. The summed E-state index contributed by atoms with van der Waals surface area (Å²) in [6, 6.07) is 6.19. The highest BCUT2D eigenvalue weighted by molar-refractivity contribution is 5.31. The molecule has 1 aliphatic rings. The molecule has 0 spiro atoms. The van der Waals surface area contributed by atoms with E-state index in [-0.39, 0.29) is 6.10 Å². The van der Waals surface area contributed by atoms with Gasteiger partial charge in [-0.25, -0.2) is 0 Å². The first-order valence-corrected chi connectivity index (χ1v) is 8.59. The maximum atomic E-state index is 10.6. The predicted molar refractivity (Wildman–Crippen MR) is 94.0 cm³/mol. The summed E-state index contributed by atoms with van der Waals surface area (Å²) in [6.07, 6.45) is 3.55. The molecular formula is C19H27N3O2. The summed E-state index contributed by atoms with van der Waals surface area (Å²) in [4.78, 5) is 2.28. The smallest absolute Gasteiger partial charge is 0.0917 e. The molecule has 0 amide bonds. The van der Waals surface area contributed by atoms with Gasteiger partial charge < -0.3 is 9.84 Å². The Morgan fingerprint density at radius 2 is 2.12 bits per heavy atom. The zero-order valence-corrected chi connectivity index (χ0v) is 14.8. The van der Waals surface area contributed by atoms with E-state index in [0.29, 0.717) is 13.2 Å². The molecule has 2 atom stereocenters. The highest BCUT2D eigenvalue weighted by Crippen LogP contribution is 2.19. The third-order valence-corrected chi connectivity index (χ3v) is 4.72. The molecule has 0 unspecified atom stereocenters. The van der Waals surface area contributed by atoms with Crippen molar-refractivity contribution in [2.45, 2.75) is 39.5 Å². The first kappa shape index (κ1) is 17.1. The summed E-state index contributed by atoms with van der Waals surface area (Å²) in [5.41, 5.74) is 4.63. The van der Waals surface area contributed by atoms with Crippen molar-refractivity contribution in [2.75, 3.05) is 26.2 Å². The maximum Gasteiger partial charge on any atom is 0.0917 e. The highest BCUT2D eigenvalue weighted by atomic mass is 16.5. The molecule has 1 aromatic heterocycles. The number of aliphatic hydroxyl groups is 1. The molecule has 5 nitrogen and oxygen atoms in total. The molecule has 1 aliphatic heterocycles. The minimum atomic E-state index is -0.463. The molecule has 130 valence electrons. The van der Waals surface area contributed by atoms with Crippen molar-refractivity contribution in [1.82, 2.24) is 14.7 Å². The van der Waals surface area contributed by atoms with Crippen LogP contribution in [0.4, 0.5) is 0 Å². The second-order valence-corrected chi connectivity index (χ2v) is 6.85. The lowest BCUT2D eigenvalue weighted by molar-refractivity contribution is -0.0486. The summed E-state index contributed by atoms with van der Waals surface area (Å²) >= 11 is 0. The molecule has 0 aliphatic carbocycles. The molecule has 0 bridgehead atoms. The van der Waals surface area contributed by atoms with Crippen LogP contribution in [0.3, 0.4) is 0 Å². The van der Waals surface area contributed by atoms with Gasteiger partial charge in [-0.2, -0.15) is 5.10 Å². The van der Waals surface area contributed by atoms with Crippen molar-refractivity contribution in [1.29, 1.82) is 0 Å². The molecule has 0 radical (unpaired) electrons. The summed E-state index contributed by atoms with van der Waals surface area (Å²) in [5, 5.41) is 14.9. The van der Waals surface area contributed by atoms with E-state index in [2.05, 4.69) is 36.0 Å². The van der Waals surface area contributed by atoms with Crippen LogP contribution in [-0.2, 0) is 11.3 Å². The average molecular weight is 329 g/mol. The first-order valence-electron chi connectivity index (χ1n) is 8.59. The fourth-order valence-corrected chi connectivity index (χ4v) is 3.15. The minimum Gasteiger partial charge on any atom is -0.387 e. The minimum absolute atomic E-state index is 0.116.